The lowest BCUT2D eigenvalue weighted by Crippen LogP contribution is -2.31. The molecular weight excluding hydrogens is 333 g/mol. The third kappa shape index (κ3) is 3.48. The largest absolute Gasteiger partial charge is 0.352 e. The van der Waals surface area contributed by atoms with Crippen LogP contribution in [0.25, 0.3) is 0 Å². The van der Waals surface area contributed by atoms with Gasteiger partial charge in [-0.15, -0.1) is 0 Å². The van der Waals surface area contributed by atoms with Gasteiger partial charge in [0.1, 0.15) is 5.82 Å². The van der Waals surface area contributed by atoms with Crippen LogP contribution >= 0.6 is 27.5 Å². The van der Waals surface area contributed by atoms with Crippen LogP contribution in [0, 0.1) is 17.7 Å². The van der Waals surface area contributed by atoms with Crippen LogP contribution < -0.4 is 5.32 Å². The van der Waals surface area contributed by atoms with Gasteiger partial charge in [-0.1, -0.05) is 40.0 Å². The summed E-state index contributed by atoms with van der Waals surface area (Å²) in [6.45, 7) is 0.583. The number of rotatable bonds is 4. The molecule has 2 nitrogen and oxygen atoms in total. The quantitative estimate of drug-likeness (QED) is 0.818. The number of nitrogens with one attached hydrogen (secondary N) is 1. The van der Waals surface area contributed by atoms with Gasteiger partial charge in [-0.25, -0.2) is 4.39 Å². The zero-order valence-electron chi connectivity index (χ0n) is 10.5. The normalized spacial score (nSPS) is 22.5. The monoisotopic (exact) mass is 347 g/mol. The molecule has 0 heterocycles. The maximum Gasteiger partial charge on any atom is 0.255 e. The van der Waals surface area contributed by atoms with Gasteiger partial charge in [0.2, 0.25) is 0 Å². The standard InChI is InChI=1S/C14H16BrClFNO/c15-7-9-3-1-4-10(9)8-18-14(19)13-11(16)5-2-6-12(13)17/h2,5-6,9-10H,1,3-4,7-8H2,(H,18,19). The van der Waals surface area contributed by atoms with Crippen molar-refractivity contribution < 1.29 is 9.18 Å². The van der Waals surface area contributed by atoms with E-state index in [1.807, 2.05) is 0 Å². The summed E-state index contributed by atoms with van der Waals surface area (Å²) in [5.41, 5.74) is -0.0578. The van der Waals surface area contributed by atoms with E-state index in [1.165, 1.54) is 31.0 Å². The molecule has 1 aromatic rings. The summed E-state index contributed by atoms with van der Waals surface area (Å²) in [5.74, 6) is 0.0575. The van der Waals surface area contributed by atoms with Crippen molar-refractivity contribution in [3.05, 3.63) is 34.6 Å². The smallest absolute Gasteiger partial charge is 0.255 e. The molecule has 2 atom stereocenters. The zero-order chi connectivity index (χ0) is 13.8. The van der Waals surface area contributed by atoms with Gasteiger partial charge in [0.25, 0.3) is 5.91 Å². The highest BCUT2D eigenvalue weighted by molar-refractivity contribution is 9.09. The molecule has 1 fully saturated rings. The molecular formula is C14H16BrClFNO. The number of carbonyl (C=O) groups excluding carboxylic acids is 1. The maximum atomic E-state index is 13.6. The average Bonchev–Trinajstić information content (AvgIpc) is 2.83. The highest BCUT2D eigenvalue weighted by Gasteiger charge is 2.27. The van der Waals surface area contributed by atoms with Gasteiger partial charge in [-0.05, 0) is 36.8 Å². The van der Waals surface area contributed by atoms with Crippen molar-refractivity contribution in [3.63, 3.8) is 0 Å². The minimum Gasteiger partial charge on any atom is -0.352 e. The maximum absolute atomic E-state index is 13.6. The predicted molar refractivity (Wildman–Crippen MR) is 78.4 cm³/mol. The van der Waals surface area contributed by atoms with E-state index in [-0.39, 0.29) is 10.6 Å². The summed E-state index contributed by atoms with van der Waals surface area (Å²) in [7, 11) is 0. The molecule has 1 aliphatic carbocycles. The van der Waals surface area contributed by atoms with Gasteiger partial charge in [0.15, 0.2) is 0 Å². The van der Waals surface area contributed by atoms with Crippen LogP contribution in [0.1, 0.15) is 29.6 Å². The number of hydrogen-bond acceptors (Lipinski definition) is 1. The number of benzene rings is 1. The van der Waals surface area contributed by atoms with Crippen LogP contribution in [0.3, 0.4) is 0 Å². The Kier molecular flexibility index (Phi) is 5.22. The Labute approximate surface area is 125 Å². The SMILES string of the molecule is O=C(NCC1CCCC1CBr)c1c(F)cccc1Cl. The van der Waals surface area contributed by atoms with Crippen molar-refractivity contribution in [3.8, 4) is 0 Å². The minimum absolute atomic E-state index is 0.0578. The lowest BCUT2D eigenvalue weighted by molar-refractivity contribution is 0.0941. The molecule has 1 N–H and O–H groups in total. The van der Waals surface area contributed by atoms with Gasteiger partial charge in [0, 0.05) is 11.9 Å². The molecule has 0 spiro atoms. The first-order valence-corrected chi connectivity index (χ1v) is 7.91. The number of hydrogen-bond donors (Lipinski definition) is 1. The van der Waals surface area contributed by atoms with E-state index < -0.39 is 11.7 Å². The van der Waals surface area contributed by atoms with Crippen LogP contribution in [0.5, 0.6) is 0 Å². The Morgan fingerprint density at radius 1 is 1.42 bits per heavy atom. The molecule has 1 aliphatic rings. The predicted octanol–water partition coefficient (Wildman–Crippen LogP) is 4.02. The number of amides is 1. The molecule has 2 unspecified atom stereocenters. The van der Waals surface area contributed by atoms with E-state index in [9.17, 15) is 9.18 Å². The molecule has 2 rings (SSSR count). The van der Waals surface area contributed by atoms with Crippen molar-refractivity contribution in [2.75, 3.05) is 11.9 Å². The first-order chi connectivity index (χ1) is 9.13. The summed E-state index contributed by atoms with van der Waals surface area (Å²) < 4.78 is 13.6. The Balaban J connectivity index is 1.98. The fraction of sp³-hybridized carbons (Fsp3) is 0.500. The highest BCUT2D eigenvalue weighted by Crippen LogP contribution is 2.32. The molecule has 5 heteroatoms. The number of halogens is 3. The van der Waals surface area contributed by atoms with Crippen LogP contribution in [0.2, 0.25) is 5.02 Å². The molecule has 19 heavy (non-hydrogen) atoms. The second-order valence-electron chi connectivity index (χ2n) is 4.91. The van der Waals surface area contributed by atoms with Gasteiger partial charge < -0.3 is 5.32 Å². The summed E-state index contributed by atoms with van der Waals surface area (Å²) in [6.07, 6.45) is 3.49. The third-order valence-corrected chi connectivity index (χ3v) is 4.88. The van der Waals surface area contributed by atoms with Crippen LogP contribution in [0.15, 0.2) is 18.2 Å². The summed E-state index contributed by atoms with van der Waals surface area (Å²) in [6, 6.07) is 4.26. The first-order valence-electron chi connectivity index (χ1n) is 6.41. The summed E-state index contributed by atoms with van der Waals surface area (Å²) in [5, 5.41) is 3.91. The Bertz CT molecular complexity index is 449. The highest BCUT2D eigenvalue weighted by atomic mass is 79.9. The molecule has 104 valence electrons. The van der Waals surface area contributed by atoms with Crippen molar-refractivity contribution in [2.24, 2.45) is 11.8 Å². The van der Waals surface area contributed by atoms with E-state index in [0.717, 1.165) is 11.8 Å². The molecule has 1 aromatic carbocycles. The molecule has 1 saturated carbocycles. The minimum atomic E-state index is -0.575. The van der Waals surface area contributed by atoms with E-state index >= 15 is 0 Å². The van der Waals surface area contributed by atoms with Gasteiger partial charge >= 0.3 is 0 Å². The molecule has 0 radical (unpaired) electrons. The Morgan fingerprint density at radius 2 is 2.16 bits per heavy atom. The van der Waals surface area contributed by atoms with Crippen LogP contribution in [0.4, 0.5) is 4.39 Å². The van der Waals surface area contributed by atoms with Gasteiger partial charge in [0.05, 0.1) is 10.6 Å². The van der Waals surface area contributed by atoms with E-state index in [2.05, 4.69) is 21.2 Å². The van der Waals surface area contributed by atoms with E-state index in [0.29, 0.717) is 18.4 Å². The third-order valence-electron chi connectivity index (χ3n) is 3.73. The second-order valence-corrected chi connectivity index (χ2v) is 5.97. The van der Waals surface area contributed by atoms with Crippen molar-refractivity contribution in [2.45, 2.75) is 19.3 Å². The van der Waals surface area contributed by atoms with Crippen molar-refractivity contribution in [1.82, 2.24) is 5.32 Å². The van der Waals surface area contributed by atoms with Crippen molar-refractivity contribution in [1.29, 1.82) is 0 Å². The molecule has 0 aromatic heterocycles. The average molecular weight is 349 g/mol. The summed E-state index contributed by atoms with van der Waals surface area (Å²) >= 11 is 9.37. The molecule has 1 amide bonds. The fourth-order valence-electron chi connectivity index (χ4n) is 2.61. The second kappa shape index (κ2) is 6.71. The number of alkyl halides is 1. The summed E-state index contributed by atoms with van der Waals surface area (Å²) in [4.78, 5) is 12.0. The van der Waals surface area contributed by atoms with E-state index in [4.69, 9.17) is 11.6 Å². The van der Waals surface area contributed by atoms with Crippen LogP contribution in [-0.2, 0) is 0 Å². The van der Waals surface area contributed by atoms with E-state index in [1.54, 1.807) is 0 Å². The molecule has 0 aliphatic heterocycles. The topological polar surface area (TPSA) is 29.1 Å². The van der Waals surface area contributed by atoms with Crippen molar-refractivity contribution >= 4 is 33.4 Å². The Morgan fingerprint density at radius 3 is 2.84 bits per heavy atom. The van der Waals surface area contributed by atoms with Gasteiger partial charge in [-0.2, -0.15) is 0 Å². The van der Waals surface area contributed by atoms with Crippen LogP contribution in [-0.4, -0.2) is 17.8 Å². The Hall–Kier alpha value is -0.610. The fourth-order valence-corrected chi connectivity index (χ4v) is 3.71. The number of carbonyl (C=O) groups is 1. The molecule has 0 bridgehead atoms. The first kappa shape index (κ1) is 14.8. The zero-order valence-corrected chi connectivity index (χ0v) is 12.8. The van der Waals surface area contributed by atoms with Gasteiger partial charge in [-0.3, -0.25) is 4.79 Å². The molecule has 0 saturated heterocycles. The lowest BCUT2D eigenvalue weighted by Gasteiger charge is -2.18. The lowest BCUT2D eigenvalue weighted by atomic mass is 9.98.